The first-order chi connectivity index (χ1) is 11.2. The molecule has 0 aliphatic heterocycles. The normalized spacial score (nSPS) is 10.7. The van der Waals surface area contributed by atoms with Gasteiger partial charge in [0.25, 0.3) is 0 Å². The van der Waals surface area contributed by atoms with Crippen molar-refractivity contribution >= 4 is 39.7 Å². The minimum absolute atomic E-state index is 0.726. The van der Waals surface area contributed by atoms with Crippen molar-refractivity contribution in [1.29, 1.82) is 0 Å². The number of methoxy groups -OCH3 is 1. The summed E-state index contributed by atoms with van der Waals surface area (Å²) in [6.45, 7) is 0. The van der Waals surface area contributed by atoms with E-state index in [0.29, 0.717) is 0 Å². The molecule has 0 amide bonds. The van der Waals surface area contributed by atoms with E-state index >= 15 is 0 Å². The van der Waals surface area contributed by atoms with Gasteiger partial charge in [-0.15, -0.1) is 0 Å². The molecule has 118 valence electrons. The van der Waals surface area contributed by atoms with E-state index in [9.17, 15) is 0 Å². The van der Waals surface area contributed by atoms with Crippen molar-refractivity contribution in [2.24, 2.45) is 0 Å². The third kappa shape index (κ3) is 3.99. The molecule has 0 bridgehead atoms. The summed E-state index contributed by atoms with van der Waals surface area (Å²) in [6.07, 6.45) is 0. The molecule has 0 radical (unpaired) electrons. The van der Waals surface area contributed by atoms with Crippen molar-refractivity contribution in [3.05, 3.63) is 59.1 Å². The fourth-order valence-electron chi connectivity index (χ4n) is 2.10. The van der Waals surface area contributed by atoms with Crippen molar-refractivity contribution in [3.63, 3.8) is 0 Å². The van der Waals surface area contributed by atoms with Gasteiger partial charge in [-0.05, 0) is 42.0 Å². The zero-order valence-corrected chi connectivity index (χ0v) is 14.8. The third-order valence-corrected chi connectivity index (χ3v) is 5.58. The number of aromatic nitrogens is 1. The van der Waals surface area contributed by atoms with E-state index in [1.807, 2.05) is 42.5 Å². The summed E-state index contributed by atoms with van der Waals surface area (Å²) in [4.78, 5) is 4.66. The first-order valence-electron chi connectivity index (χ1n) is 6.93. The van der Waals surface area contributed by atoms with Gasteiger partial charge in [0.2, 0.25) is 0 Å². The van der Waals surface area contributed by atoms with Crippen LogP contribution >= 0.6 is 34.7 Å². The molecule has 0 atom stereocenters. The number of anilines is 1. The highest BCUT2D eigenvalue weighted by Crippen LogP contribution is 2.37. The minimum atomic E-state index is 0.726. The second-order valence-electron chi connectivity index (χ2n) is 4.84. The summed E-state index contributed by atoms with van der Waals surface area (Å²) < 4.78 is 6.13. The Morgan fingerprint density at radius 3 is 2.70 bits per heavy atom. The standard InChI is InChI=1S/C17H15ClN2OS2/c1-21-14-7-5-12(6-8-14)15-16(19)23-17(20-15)22-10-11-3-2-4-13(18)9-11/h2-9H,10,19H2,1H3. The van der Waals surface area contributed by atoms with Gasteiger partial charge in [0.05, 0.1) is 7.11 Å². The molecule has 6 heteroatoms. The number of benzene rings is 2. The Morgan fingerprint density at radius 1 is 1.22 bits per heavy atom. The van der Waals surface area contributed by atoms with E-state index in [-0.39, 0.29) is 0 Å². The SMILES string of the molecule is COc1ccc(-c2nc(SCc3cccc(Cl)c3)sc2N)cc1. The molecule has 2 N–H and O–H groups in total. The Labute approximate surface area is 148 Å². The fraction of sp³-hybridized carbons (Fsp3) is 0.118. The highest BCUT2D eigenvalue weighted by atomic mass is 35.5. The molecule has 0 aliphatic carbocycles. The van der Waals surface area contributed by atoms with Crippen LogP contribution in [0.1, 0.15) is 5.56 Å². The fourth-order valence-corrected chi connectivity index (χ4v) is 4.21. The number of nitrogens with two attached hydrogens (primary N) is 1. The molecule has 0 saturated heterocycles. The zero-order valence-electron chi connectivity index (χ0n) is 12.5. The van der Waals surface area contributed by atoms with Crippen LogP contribution in [-0.4, -0.2) is 12.1 Å². The summed E-state index contributed by atoms with van der Waals surface area (Å²) in [7, 11) is 1.65. The number of rotatable bonds is 5. The number of nitrogen functional groups attached to an aromatic ring is 1. The van der Waals surface area contributed by atoms with Gasteiger partial charge in [-0.1, -0.05) is 46.8 Å². The second kappa shape index (κ2) is 7.25. The van der Waals surface area contributed by atoms with Crippen LogP contribution < -0.4 is 10.5 Å². The molecule has 2 aromatic carbocycles. The molecular weight excluding hydrogens is 348 g/mol. The monoisotopic (exact) mass is 362 g/mol. The van der Waals surface area contributed by atoms with Gasteiger partial charge in [-0.2, -0.15) is 0 Å². The largest absolute Gasteiger partial charge is 0.497 e. The Bertz CT molecular complexity index is 803. The van der Waals surface area contributed by atoms with E-state index in [2.05, 4.69) is 11.1 Å². The van der Waals surface area contributed by atoms with Crippen molar-refractivity contribution in [2.75, 3.05) is 12.8 Å². The third-order valence-electron chi connectivity index (χ3n) is 3.25. The number of thiazole rings is 1. The maximum Gasteiger partial charge on any atom is 0.152 e. The second-order valence-corrected chi connectivity index (χ2v) is 7.53. The number of hydrogen-bond acceptors (Lipinski definition) is 5. The Balaban J connectivity index is 1.75. The topological polar surface area (TPSA) is 48.1 Å². The number of hydrogen-bond donors (Lipinski definition) is 1. The van der Waals surface area contributed by atoms with Crippen LogP contribution in [0.4, 0.5) is 5.00 Å². The first kappa shape index (κ1) is 16.2. The van der Waals surface area contributed by atoms with Crippen LogP contribution in [0.3, 0.4) is 0 Å². The van der Waals surface area contributed by atoms with Gasteiger partial charge in [0.15, 0.2) is 4.34 Å². The van der Waals surface area contributed by atoms with Crippen LogP contribution in [0, 0.1) is 0 Å². The van der Waals surface area contributed by atoms with Crippen molar-refractivity contribution in [3.8, 4) is 17.0 Å². The average Bonchev–Trinajstić information content (AvgIpc) is 2.94. The Kier molecular flexibility index (Phi) is 5.10. The van der Waals surface area contributed by atoms with Crippen molar-refractivity contribution in [2.45, 2.75) is 10.1 Å². The molecule has 0 unspecified atom stereocenters. The maximum atomic E-state index is 6.13. The van der Waals surface area contributed by atoms with Gasteiger partial charge in [0, 0.05) is 16.3 Å². The summed E-state index contributed by atoms with van der Waals surface area (Å²) >= 11 is 9.18. The summed E-state index contributed by atoms with van der Waals surface area (Å²) in [5, 5.41) is 1.48. The van der Waals surface area contributed by atoms with Crippen molar-refractivity contribution < 1.29 is 4.74 Å². The molecule has 0 aliphatic rings. The lowest BCUT2D eigenvalue weighted by Gasteiger charge is -2.01. The van der Waals surface area contributed by atoms with Crippen LogP contribution in [-0.2, 0) is 5.75 Å². The molecule has 23 heavy (non-hydrogen) atoms. The molecule has 0 spiro atoms. The minimum Gasteiger partial charge on any atom is -0.497 e. The quantitative estimate of drug-likeness (QED) is 0.622. The number of nitrogens with zero attached hydrogens (tertiary/aromatic N) is 1. The molecule has 3 aromatic rings. The molecular formula is C17H15ClN2OS2. The van der Waals surface area contributed by atoms with Gasteiger partial charge >= 0.3 is 0 Å². The van der Waals surface area contributed by atoms with E-state index in [4.69, 9.17) is 22.1 Å². The van der Waals surface area contributed by atoms with Crippen LogP contribution in [0.25, 0.3) is 11.3 Å². The number of ether oxygens (including phenoxy) is 1. The van der Waals surface area contributed by atoms with Crippen molar-refractivity contribution in [1.82, 2.24) is 4.98 Å². The predicted octanol–water partition coefficient (Wildman–Crippen LogP) is 5.35. The lowest BCUT2D eigenvalue weighted by atomic mass is 10.1. The maximum absolute atomic E-state index is 6.13. The van der Waals surface area contributed by atoms with E-state index in [1.165, 1.54) is 16.9 Å². The molecule has 0 saturated carbocycles. The smallest absolute Gasteiger partial charge is 0.152 e. The van der Waals surface area contributed by atoms with Gasteiger partial charge < -0.3 is 10.5 Å². The van der Waals surface area contributed by atoms with E-state index < -0.39 is 0 Å². The Hall–Kier alpha value is -1.69. The number of thioether (sulfide) groups is 1. The lowest BCUT2D eigenvalue weighted by molar-refractivity contribution is 0.415. The number of halogens is 1. The van der Waals surface area contributed by atoms with Crippen LogP contribution in [0.15, 0.2) is 52.9 Å². The molecule has 3 rings (SSSR count). The van der Waals surface area contributed by atoms with Crippen LogP contribution in [0.5, 0.6) is 5.75 Å². The van der Waals surface area contributed by atoms with E-state index in [1.54, 1.807) is 18.9 Å². The zero-order chi connectivity index (χ0) is 16.2. The molecule has 3 nitrogen and oxygen atoms in total. The summed E-state index contributed by atoms with van der Waals surface area (Å²) in [5.41, 5.74) is 9.12. The highest BCUT2D eigenvalue weighted by molar-refractivity contribution is 8.00. The van der Waals surface area contributed by atoms with E-state index in [0.717, 1.165) is 37.1 Å². The molecule has 1 heterocycles. The Morgan fingerprint density at radius 2 is 2.00 bits per heavy atom. The summed E-state index contributed by atoms with van der Waals surface area (Å²) in [6, 6.07) is 15.6. The average molecular weight is 363 g/mol. The van der Waals surface area contributed by atoms with Gasteiger partial charge in [-0.3, -0.25) is 0 Å². The lowest BCUT2D eigenvalue weighted by Crippen LogP contribution is -1.87. The predicted molar refractivity (Wildman–Crippen MR) is 99.5 cm³/mol. The summed E-state index contributed by atoms with van der Waals surface area (Å²) in [5.74, 6) is 1.63. The first-order valence-corrected chi connectivity index (χ1v) is 9.11. The molecule has 0 fully saturated rings. The molecule has 1 aromatic heterocycles. The highest BCUT2D eigenvalue weighted by Gasteiger charge is 2.11. The van der Waals surface area contributed by atoms with Crippen LogP contribution in [0.2, 0.25) is 5.02 Å². The van der Waals surface area contributed by atoms with Gasteiger partial charge in [0.1, 0.15) is 16.4 Å². The van der Waals surface area contributed by atoms with Gasteiger partial charge in [-0.25, -0.2) is 4.98 Å².